The number of aryl methyl sites for hydroxylation is 1. The largest absolute Gasteiger partial charge is 0.457 e. The Balaban J connectivity index is 1.44. The zero-order valence-corrected chi connectivity index (χ0v) is 17.3. The fourth-order valence-electron chi connectivity index (χ4n) is 2.85. The summed E-state index contributed by atoms with van der Waals surface area (Å²) >= 11 is 1.59. The van der Waals surface area contributed by atoms with Gasteiger partial charge in [-0.3, -0.25) is 19.6 Å². The Bertz CT molecular complexity index is 1220. The Morgan fingerprint density at radius 2 is 1.71 bits per heavy atom. The van der Waals surface area contributed by atoms with E-state index in [4.69, 9.17) is 4.74 Å². The van der Waals surface area contributed by atoms with Gasteiger partial charge in [0.25, 0.3) is 0 Å². The van der Waals surface area contributed by atoms with Crippen LogP contribution in [0, 0.1) is 6.92 Å². The van der Waals surface area contributed by atoms with E-state index in [2.05, 4.69) is 20.6 Å². The number of thiophene rings is 1. The Labute approximate surface area is 182 Å². The van der Waals surface area contributed by atoms with Gasteiger partial charge >= 0.3 is 11.8 Å². The highest BCUT2D eigenvalue weighted by molar-refractivity contribution is 7.10. The maximum Gasteiger partial charge on any atom is 0.314 e. The van der Waals surface area contributed by atoms with Crippen LogP contribution in [0.15, 0.2) is 78.6 Å². The van der Waals surface area contributed by atoms with Gasteiger partial charge in [-0.15, -0.1) is 11.3 Å². The van der Waals surface area contributed by atoms with Crippen molar-refractivity contribution >= 4 is 34.5 Å². The summed E-state index contributed by atoms with van der Waals surface area (Å²) in [6, 6.07) is 15.6. The zero-order chi connectivity index (χ0) is 21.6. The molecule has 0 atom stereocenters. The summed E-state index contributed by atoms with van der Waals surface area (Å²) in [6.07, 6.45) is 4.89. The monoisotopic (exact) mass is 430 g/mol. The van der Waals surface area contributed by atoms with E-state index in [1.54, 1.807) is 78.5 Å². The lowest BCUT2D eigenvalue weighted by molar-refractivity contribution is -0.132. The molecule has 0 unspecified atom stereocenters. The molecule has 7 nitrogen and oxygen atoms in total. The molecule has 4 rings (SSSR count). The maximum atomic E-state index is 12.5. The number of hydrogen-bond donors (Lipinski definition) is 2. The highest BCUT2D eigenvalue weighted by Crippen LogP contribution is 2.29. The van der Waals surface area contributed by atoms with Crippen molar-refractivity contribution in [2.24, 2.45) is 0 Å². The minimum absolute atomic E-state index is 0.437. The fourth-order valence-corrected chi connectivity index (χ4v) is 3.54. The van der Waals surface area contributed by atoms with Crippen molar-refractivity contribution in [1.82, 2.24) is 9.97 Å². The quantitative estimate of drug-likeness (QED) is 0.440. The van der Waals surface area contributed by atoms with E-state index >= 15 is 0 Å². The molecule has 4 aromatic rings. The van der Waals surface area contributed by atoms with Crippen molar-refractivity contribution in [2.45, 2.75) is 6.92 Å². The standard InChI is InChI=1S/C23H18N4O3S/c1-15-12-16(14-31-15)21-20(6-3-9-25-21)27-23(29)22(28)26-17-4-2-5-19(13-17)30-18-7-10-24-11-8-18/h2-14H,1H3,(H,26,28)(H,27,29). The molecule has 2 amide bonds. The molecular weight excluding hydrogens is 412 g/mol. The summed E-state index contributed by atoms with van der Waals surface area (Å²) in [4.78, 5) is 34.4. The SMILES string of the molecule is Cc1cc(-c2ncccc2NC(=O)C(=O)Nc2cccc(Oc3ccncc3)c2)cs1. The lowest BCUT2D eigenvalue weighted by atomic mass is 10.1. The van der Waals surface area contributed by atoms with Gasteiger partial charge < -0.3 is 15.4 Å². The number of ether oxygens (including phenoxy) is 1. The summed E-state index contributed by atoms with van der Waals surface area (Å²) in [6.45, 7) is 2.00. The van der Waals surface area contributed by atoms with E-state index < -0.39 is 11.8 Å². The molecule has 1 aromatic carbocycles. The maximum absolute atomic E-state index is 12.5. The summed E-state index contributed by atoms with van der Waals surface area (Å²) in [5, 5.41) is 7.20. The average Bonchev–Trinajstić information content (AvgIpc) is 3.21. The lowest BCUT2D eigenvalue weighted by Gasteiger charge is -2.10. The zero-order valence-electron chi connectivity index (χ0n) is 16.5. The third kappa shape index (κ3) is 5.12. The van der Waals surface area contributed by atoms with Crippen molar-refractivity contribution in [3.05, 3.63) is 83.4 Å². The molecule has 8 heteroatoms. The molecule has 3 heterocycles. The van der Waals surface area contributed by atoms with E-state index in [9.17, 15) is 9.59 Å². The predicted molar refractivity (Wildman–Crippen MR) is 120 cm³/mol. The third-order valence-electron chi connectivity index (χ3n) is 4.24. The molecule has 154 valence electrons. The van der Waals surface area contributed by atoms with Gasteiger partial charge in [-0.25, -0.2) is 0 Å². The minimum Gasteiger partial charge on any atom is -0.457 e. The summed E-state index contributed by atoms with van der Waals surface area (Å²) in [7, 11) is 0. The molecule has 0 bridgehead atoms. The van der Waals surface area contributed by atoms with Crippen molar-refractivity contribution in [2.75, 3.05) is 10.6 Å². The number of nitrogens with one attached hydrogen (secondary N) is 2. The lowest BCUT2D eigenvalue weighted by Crippen LogP contribution is -2.29. The molecule has 2 N–H and O–H groups in total. The van der Waals surface area contributed by atoms with Gasteiger partial charge in [-0.05, 0) is 49.4 Å². The van der Waals surface area contributed by atoms with Gasteiger partial charge in [0.15, 0.2) is 0 Å². The third-order valence-corrected chi connectivity index (χ3v) is 5.10. The molecule has 0 aliphatic rings. The Kier molecular flexibility index (Phi) is 6.00. The van der Waals surface area contributed by atoms with Crippen LogP contribution in [0.5, 0.6) is 11.5 Å². The number of aromatic nitrogens is 2. The van der Waals surface area contributed by atoms with E-state index in [0.717, 1.165) is 10.4 Å². The molecule has 0 spiro atoms. The Morgan fingerprint density at radius 3 is 2.48 bits per heavy atom. The number of carbonyl (C=O) groups is 2. The Morgan fingerprint density at radius 1 is 0.903 bits per heavy atom. The number of hydrogen-bond acceptors (Lipinski definition) is 6. The molecule has 0 radical (unpaired) electrons. The van der Waals surface area contributed by atoms with E-state index in [0.29, 0.717) is 28.6 Å². The molecule has 0 aliphatic carbocycles. The van der Waals surface area contributed by atoms with Gasteiger partial charge in [-0.2, -0.15) is 0 Å². The second-order valence-corrected chi connectivity index (χ2v) is 7.68. The van der Waals surface area contributed by atoms with Crippen LogP contribution >= 0.6 is 11.3 Å². The van der Waals surface area contributed by atoms with Crippen LogP contribution in [-0.4, -0.2) is 21.8 Å². The number of carbonyl (C=O) groups excluding carboxylic acids is 2. The van der Waals surface area contributed by atoms with Crippen LogP contribution < -0.4 is 15.4 Å². The van der Waals surface area contributed by atoms with Crippen LogP contribution in [0.2, 0.25) is 0 Å². The number of anilines is 2. The molecule has 0 fully saturated rings. The van der Waals surface area contributed by atoms with Gasteiger partial charge in [0, 0.05) is 46.2 Å². The van der Waals surface area contributed by atoms with Crippen LogP contribution in [-0.2, 0) is 9.59 Å². The minimum atomic E-state index is -0.794. The molecule has 0 saturated heterocycles. The van der Waals surface area contributed by atoms with Crippen molar-refractivity contribution in [3.8, 4) is 22.8 Å². The Hall–Kier alpha value is -4.04. The summed E-state index contributed by atoms with van der Waals surface area (Å²) in [5.74, 6) is -0.449. The number of rotatable bonds is 5. The highest BCUT2D eigenvalue weighted by Gasteiger charge is 2.17. The highest BCUT2D eigenvalue weighted by atomic mass is 32.1. The van der Waals surface area contributed by atoms with E-state index in [1.165, 1.54) is 0 Å². The first-order chi connectivity index (χ1) is 15.1. The van der Waals surface area contributed by atoms with Gasteiger partial charge in [0.2, 0.25) is 0 Å². The number of benzene rings is 1. The number of amides is 2. The predicted octanol–water partition coefficient (Wildman–Crippen LogP) is 4.88. The second kappa shape index (κ2) is 9.19. The second-order valence-electron chi connectivity index (χ2n) is 6.57. The van der Waals surface area contributed by atoms with Crippen molar-refractivity contribution in [3.63, 3.8) is 0 Å². The van der Waals surface area contributed by atoms with Gasteiger partial charge in [0.05, 0.1) is 11.4 Å². The number of pyridine rings is 2. The van der Waals surface area contributed by atoms with Crippen LogP contribution in [0.25, 0.3) is 11.3 Å². The first kappa shape index (κ1) is 20.2. The normalized spacial score (nSPS) is 10.4. The van der Waals surface area contributed by atoms with E-state index in [1.807, 2.05) is 18.4 Å². The van der Waals surface area contributed by atoms with Crippen LogP contribution in [0.4, 0.5) is 11.4 Å². The molecule has 3 aromatic heterocycles. The van der Waals surface area contributed by atoms with Crippen molar-refractivity contribution in [1.29, 1.82) is 0 Å². The topological polar surface area (TPSA) is 93.2 Å². The molecule has 31 heavy (non-hydrogen) atoms. The molecular formula is C23H18N4O3S. The summed E-state index contributed by atoms with van der Waals surface area (Å²) in [5.41, 5.74) is 2.40. The first-order valence-electron chi connectivity index (χ1n) is 9.39. The first-order valence-corrected chi connectivity index (χ1v) is 10.3. The fraction of sp³-hybridized carbons (Fsp3) is 0.0435. The average molecular weight is 430 g/mol. The molecule has 0 aliphatic heterocycles. The van der Waals surface area contributed by atoms with Crippen LogP contribution in [0.1, 0.15) is 4.88 Å². The summed E-state index contributed by atoms with van der Waals surface area (Å²) < 4.78 is 5.72. The number of nitrogens with zero attached hydrogens (tertiary/aromatic N) is 2. The van der Waals surface area contributed by atoms with Gasteiger partial charge in [-0.1, -0.05) is 6.07 Å². The molecule has 0 saturated carbocycles. The van der Waals surface area contributed by atoms with Crippen molar-refractivity contribution < 1.29 is 14.3 Å². The van der Waals surface area contributed by atoms with Gasteiger partial charge in [0.1, 0.15) is 11.5 Å². The smallest absolute Gasteiger partial charge is 0.314 e. The van der Waals surface area contributed by atoms with E-state index in [-0.39, 0.29) is 0 Å². The van der Waals surface area contributed by atoms with Crippen LogP contribution in [0.3, 0.4) is 0 Å².